The third kappa shape index (κ3) is 4.44. The average molecular weight is 394 g/mol. The third-order valence-corrected chi connectivity index (χ3v) is 5.50. The van der Waals surface area contributed by atoms with Crippen molar-refractivity contribution >= 4 is 22.8 Å². The van der Waals surface area contributed by atoms with Crippen LogP contribution in [0.3, 0.4) is 0 Å². The lowest BCUT2D eigenvalue weighted by Gasteiger charge is -2.30. The Morgan fingerprint density at radius 1 is 1.28 bits per heavy atom. The van der Waals surface area contributed by atoms with Crippen LogP contribution in [0.2, 0.25) is 0 Å². The molecule has 0 radical (unpaired) electrons. The highest BCUT2D eigenvalue weighted by molar-refractivity contribution is 5.92. The number of nitrogens with zero attached hydrogens (tertiary/aromatic N) is 5. The molecule has 8 nitrogen and oxygen atoms in total. The molecule has 0 bridgehead atoms. The minimum atomic E-state index is -0.00568. The lowest BCUT2D eigenvalue weighted by atomic mass is 9.96. The maximum Gasteiger partial charge on any atom is 0.229 e. The minimum Gasteiger partial charge on any atom is -0.383 e. The number of fused-ring (bicyclic) bond motifs is 1. The van der Waals surface area contributed by atoms with E-state index in [0.717, 1.165) is 61.2 Å². The van der Waals surface area contributed by atoms with Crippen LogP contribution in [0.5, 0.6) is 0 Å². The molecule has 4 rings (SSSR count). The van der Waals surface area contributed by atoms with E-state index in [9.17, 15) is 4.79 Å². The summed E-state index contributed by atoms with van der Waals surface area (Å²) in [5.74, 6) is 0.346. The second-order valence-corrected chi connectivity index (χ2v) is 7.45. The average Bonchev–Trinajstić information content (AvgIpc) is 3.18. The molecule has 2 aromatic heterocycles. The van der Waals surface area contributed by atoms with Gasteiger partial charge in [0.1, 0.15) is 0 Å². The molecule has 1 N–H and O–H groups in total. The van der Waals surface area contributed by atoms with E-state index in [4.69, 9.17) is 4.74 Å². The van der Waals surface area contributed by atoms with Crippen molar-refractivity contribution in [3.63, 3.8) is 0 Å². The smallest absolute Gasteiger partial charge is 0.229 e. The van der Waals surface area contributed by atoms with Gasteiger partial charge in [0.05, 0.1) is 30.3 Å². The first kappa shape index (κ1) is 19.5. The fourth-order valence-corrected chi connectivity index (χ4v) is 3.73. The quantitative estimate of drug-likeness (QED) is 0.691. The van der Waals surface area contributed by atoms with Gasteiger partial charge >= 0.3 is 0 Å². The zero-order valence-electron chi connectivity index (χ0n) is 16.8. The zero-order chi connectivity index (χ0) is 20.2. The monoisotopic (exact) mass is 394 g/mol. The summed E-state index contributed by atoms with van der Waals surface area (Å²) in [4.78, 5) is 28.1. The van der Waals surface area contributed by atoms with Crippen molar-refractivity contribution in [1.29, 1.82) is 0 Å². The number of imidazole rings is 1. The van der Waals surface area contributed by atoms with Crippen molar-refractivity contribution in [2.24, 2.45) is 13.0 Å². The Morgan fingerprint density at radius 3 is 2.83 bits per heavy atom. The van der Waals surface area contributed by atoms with Gasteiger partial charge in [-0.3, -0.25) is 10.1 Å². The minimum absolute atomic E-state index is 0.00136. The van der Waals surface area contributed by atoms with Gasteiger partial charge in [0.15, 0.2) is 0 Å². The largest absolute Gasteiger partial charge is 0.383 e. The molecule has 1 saturated heterocycles. The number of likely N-dealkylation sites (tertiary alicyclic amines) is 1. The number of ether oxygens (including phenoxy) is 1. The fourth-order valence-electron chi connectivity index (χ4n) is 3.73. The van der Waals surface area contributed by atoms with E-state index in [-0.39, 0.29) is 11.8 Å². The van der Waals surface area contributed by atoms with Crippen LogP contribution < -0.4 is 5.32 Å². The maximum atomic E-state index is 12.7. The molecule has 152 valence electrons. The molecular formula is C21H26N6O2. The number of hydrogen-bond acceptors (Lipinski definition) is 6. The molecule has 0 aliphatic carbocycles. The van der Waals surface area contributed by atoms with E-state index in [1.165, 1.54) is 0 Å². The van der Waals surface area contributed by atoms with E-state index < -0.39 is 0 Å². The molecular weight excluding hydrogens is 368 g/mol. The fraction of sp³-hybridized carbons (Fsp3) is 0.429. The number of nitrogens with one attached hydrogen (secondary N) is 1. The predicted molar refractivity (Wildman–Crippen MR) is 111 cm³/mol. The Bertz CT molecular complexity index is 994. The molecule has 29 heavy (non-hydrogen) atoms. The van der Waals surface area contributed by atoms with Crippen LogP contribution in [-0.4, -0.2) is 63.7 Å². The number of methoxy groups -OCH3 is 1. The van der Waals surface area contributed by atoms with E-state index in [2.05, 4.69) is 25.2 Å². The van der Waals surface area contributed by atoms with Gasteiger partial charge in [-0.05, 0) is 32.0 Å². The van der Waals surface area contributed by atoms with E-state index in [1.54, 1.807) is 19.6 Å². The van der Waals surface area contributed by atoms with Crippen molar-refractivity contribution in [1.82, 2.24) is 24.4 Å². The topological polar surface area (TPSA) is 85.2 Å². The van der Waals surface area contributed by atoms with Crippen LogP contribution >= 0.6 is 0 Å². The van der Waals surface area contributed by atoms with Gasteiger partial charge in [0.25, 0.3) is 0 Å². The highest BCUT2D eigenvalue weighted by atomic mass is 16.5. The van der Waals surface area contributed by atoms with Gasteiger partial charge in [0.2, 0.25) is 11.9 Å². The SMILES string of the molecule is COCCN1CCC(C(=O)Nc2ncc3ccc(-c4cncn4C)cc3n2)CC1. The first-order valence-electron chi connectivity index (χ1n) is 9.89. The van der Waals surface area contributed by atoms with Crippen molar-refractivity contribution in [3.8, 4) is 11.3 Å². The van der Waals surface area contributed by atoms with Crippen LogP contribution in [0.15, 0.2) is 36.9 Å². The third-order valence-electron chi connectivity index (χ3n) is 5.50. The first-order chi connectivity index (χ1) is 14.1. The van der Waals surface area contributed by atoms with Crippen molar-refractivity contribution in [2.75, 3.05) is 38.7 Å². The Kier molecular flexibility index (Phi) is 5.82. The van der Waals surface area contributed by atoms with Crippen molar-refractivity contribution < 1.29 is 9.53 Å². The molecule has 0 saturated carbocycles. The zero-order valence-corrected chi connectivity index (χ0v) is 16.8. The van der Waals surface area contributed by atoms with Crippen LogP contribution in [-0.2, 0) is 16.6 Å². The summed E-state index contributed by atoms with van der Waals surface area (Å²) < 4.78 is 7.09. The second-order valence-electron chi connectivity index (χ2n) is 7.45. The van der Waals surface area contributed by atoms with Crippen molar-refractivity contribution in [3.05, 3.63) is 36.9 Å². The molecule has 0 unspecified atom stereocenters. The molecule has 0 spiro atoms. The lowest BCUT2D eigenvalue weighted by molar-refractivity contribution is -0.121. The number of benzene rings is 1. The highest BCUT2D eigenvalue weighted by Gasteiger charge is 2.25. The summed E-state index contributed by atoms with van der Waals surface area (Å²) in [5, 5.41) is 3.84. The van der Waals surface area contributed by atoms with Gasteiger partial charge in [-0.1, -0.05) is 12.1 Å². The predicted octanol–water partition coefficient (Wildman–Crippen LogP) is 2.33. The number of hydrogen-bond donors (Lipinski definition) is 1. The summed E-state index contributed by atoms with van der Waals surface area (Å²) in [6.45, 7) is 3.46. The normalized spacial score (nSPS) is 15.7. The number of amides is 1. The number of piperidine rings is 1. The lowest BCUT2D eigenvalue weighted by Crippen LogP contribution is -2.39. The van der Waals surface area contributed by atoms with Gasteiger partial charge in [-0.25, -0.2) is 15.0 Å². The van der Waals surface area contributed by atoms with Gasteiger partial charge < -0.3 is 14.2 Å². The maximum absolute atomic E-state index is 12.7. The number of carbonyl (C=O) groups excluding carboxylic acids is 1. The van der Waals surface area contributed by atoms with Crippen LogP contribution in [0.1, 0.15) is 12.8 Å². The summed E-state index contributed by atoms with van der Waals surface area (Å²) in [6, 6.07) is 6.01. The van der Waals surface area contributed by atoms with E-state index in [0.29, 0.717) is 5.95 Å². The summed E-state index contributed by atoms with van der Waals surface area (Å²) in [5.41, 5.74) is 2.83. The Balaban J connectivity index is 1.44. The molecule has 1 amide bonds. The summed E-state index contributed by atoms with van der Waals surface area (Å²) in [7, 11) is 3.67. The standard InChI is InChI=1S/C21H26N6O2/c1-26-14-22-13-19(26)16-3-4-17-12-23-21(24-18(17)11-16)25-20(28)15-5-7-27(8-6-15)9-10-29-2/h3-4,11-15H,5-10H2,1-2H3,(H,23,24,25,28). The van der Waals surface area contributed by atoms with Gasteiger partial charge in [0, 0.05) is 43.8 Å². The Morgan fingerprint density at radius 2 is 2.10 bits per heavy atom. The molecule has 0 atom stereocenters. The summed E-state index contributed by atoms with van der Waals surface area (Å²) in [6.07, 6.45) is 7.02. The second kappa shape index (κ2) is 8.67. The Hall–Kier alpha value is -2.84. The van der Waals surface area contributed by atoms with Crippen molar-refractivity contribution in [2.45, 2.75) is 12.8 Å². The summed E-state index contributed by atoms with van der Waals surface area (Å²) >= 11 is 0. The number of aromatic nitrogens is 4. The molecule has 8 heteroatoms. The van der Waals surface area contributed by atoms with E-state index >= 15 is 0 Å². The molecule has 1 fully saturated rings. The first-order valence-corrected chi connectivity index (χ1v) is 9.89. The molecule has 1 aliphatic rings. The van der Waals surface area contributed by atoms with E-state index in [1.807, 2.05) is 36.0 Å². The van der Waals surface area contributed by atoms with Crippen LogP contribution in [0.25, 0.3) is 22.2 Å². The molecule has 3 aromatic rings. The number of carbonyl (C=O) groups is 1. The number of rotatable bonds is 6. The molecule has 3 heterocycles. The van der Waals surface area contributed by atoms with Crippen LogP contribution in [0.4, 0.5) is 5.95 Å². The van der Waals surface area contributed by atoms with Gasteiger partial charge in [-0.2, -0.15) is 0 Å². The number of anilines is 1. The Labute approximate surface area is 169 Å². The highest BCUT2D eigenvalue weighted by Crippen LogP contribution is 2.24. The molecule has 1 aliphatic heterocycles. The molecule has 1 aromatic carbocycles. The van der Waals surface area contributed by atoms with Gasteiger partial charge in [-0.15, -0.1) is 0 Å². The number of aryl methyl sites for hydroxylation is 1. The van der Waals surface area contributed by atoms with Crippen LogP contribution in [0, 0.1) is 5.92 Å².